The molecule has 1 aliphatic heterocycles. The molecule has 1 N–H and O–H groups in total. The lowest BCUT2D eigenvalue weighted by Gasteiger charge is -2.24. The number of rotatable bonds is 2. The van der Waals surface area contributed by atoms with E-state index >= 15 is 0 Å². The van der Waals surface area contributed by atoms with E-state index in [4.69, 9.17) is 4.74 Å². The Kier molecular flexibility index (Phi) is 3.93. The zero-order valence-corrected chi connectivity index (χ0v) is 9.30. The first-order valence-electron chi connectivity index (χ1n) is 5.26. The van der Waals surface area contributed by atoms with Crippen LogP contribution in [0.1, 0.15) is 33.6 Å². The lowest BCUT2D eigenvalue weighted by Crippen LogP contribution is -2.33. The molecular weight excluding hydrogens is 178 g/mol. The van der Waals surface area contributed by atoms with Crippen LogP contribution in [-0.2, 0) is 9.53 Å². The van der Waals surface area contributed by atoms with Crippen LogP contribution < -0.4 is 5.32 Å². The fourth-order valence-corrected chi connectivity index (χ4v) is 1.55. The second-order valence-corrected chi connectivity index (χ2v) is 4.81. The average molecular weight is 198 g/mol. The van der Waals surface area contributed by atoms with Gasteiger partial charge < -0.3 is 10.1 Å². The summed E-state index contributed by atoms with van der Waals surface area (Å²) in [6, 6.07) is 0. The lowest BCUT2D eigenvalue weighted by atomic mass is 9.96. The van der Waals surface area contributed by atoms with Crippen molar-refractivity contribution in [1.82, 2.24) is 5.32 Å². The van der Waals surface area contributed by atoms with E-state index in [1.165, 1.54) is 0 Å². The Balaban J connectivity index is 2.25. The van der Waals surface area contributed by atoms with E-state index in [9.17, 15) is 4.79 Å². The molecule has 14 heavy (non-hydrogen) atoms. The Morgan fingerprint density at radius 1 is 1.50 bits per heavy atom. The van der Waals surface area contributed by atoms with Crippen LogP contribution in [0.15, 0.2) is 0 Å². The molecule has 1 atom stereocenters. The molecule has 0 aromatic carbocycles. The summed E-state index contributed by atoms with van der Waals surface area (Å²) < 4.78 is 5.22. The summed E-state index contributed by atoms with van der Waals surface area (Å²) in [6.45, 7) is 7.63. The van der Waals surface area contributed by atoms with Gasteiger partial charge in [0.25, 0.3) is 0 Å². The molecule has 1 rings (SSSR count). The van der Waals surface area contributed by atoms with Gasteiger partial charge in [0, 0.05) is 0 Å². The number of carbonyl (C=O) groups excluding carboxylic acids is 1. The van der Waals surface area contributed by atoms with Crippen molar-refractivity contribution in [2.75, 3.05) is 13.1 Å². The van der Waals surface area contributed by atoms with Crippen LogP contribution in [0, 0.1) is 12.3 Å². The van der Waals surface area contributed by atoms with Crippen molar-refractivity contribution >= 4 is 5.97 Å². The largest absolute Gasteiger partial charge is 0.460 e. The van der Waals surface area contributed by atoms with Gasteiger partial charge in [-0.05, 0) is 52.6 Å². The molecule has 0 spiro atoms. The van der Waals surface area contributed by atoms with Crippen molar-refractivity contribution in [3.63, 3.8) is 0 Å². The highest BCUT2D eigenvalue weighted by molar-refractivity contribution is 5.79. The molecule has 1 aliphatic rings. The third kappa shape index (κ3) is 4.61. The molecule has 1 saturated heterocycles. The summed E-state index contributed by atoms with van der Waals surface area (Å²) >= 11 is 0. The van der Waals surface area contributed by atoms with Gasteiger partial charge in [-0.3, -0.25) is 4.79 Å². The zero-order chi connectivity index (χ0) is 10.6. The van der Waals surface area contributed by atoms with E-state index in [0.717, 1.165) is 25.9 Å². The van der Waals surface area contributed by atoms with Crippen LogP contribution in [-0.4, -0.2) is 24.7 Å². The fourth-order valence-electron chi connectivity index (χ4n) is 1.55. The van der Waals surface area contributed by atoms with E-state index in [1.54, 1.807) is 6.42 Å². The van der Waals surface area contributed by atoms with Crippen molar-refractivity contribution < 1.29 is 9.53 Å². The van der Waals surface area contributed by atoms with Gasteiger partial charge in [0.15, 0.2) is 0 Å². The van der Waals surface area contributed by atoms with Gasteiger partial charge in [-0.25, -0.2) is 0 Å². The molecule has 1 fully saturated rings. The molecule has 0 amide bonds. The van der Waals surface area contributed by atoms with Gasteiger partial charge in [-0.1, -0.05) is 0 Å². The Morgan fingerprint density at radius 3 is 2.71 bits per heavy atom. The summed E-state index contributed by atoms with van der Waals surface area (Å²) in [6.07, 6.45) is 3.94. The fraction of sp³-hybridized carbons (Fsp3) is 0.818. The summed E-state index contributed by atoms with van der Waals surface area (Å²) in [5, 5.41) is 3.26. The maximum absolute atomic E-state index is 11.4. The van der Waals surface area contributed by atoms with Crippen molar-refractivity contribution in [1.29, 1.82) is 0 Å². The van der Waals surface area contributed by atoms with Crippen LogP contribution >= 0.6 is 0 Å². The molecule has 0 aliphatic carbocycles. The molecule has 3 nitrogen and oxygen atoms in total. The van der Waals surface area contributed by atoms with Crippen LogP contribution in [0.5, 0.6) is 0 Å². The predicted molar refractivity (Wildman–Crippen MR) is 55.7 cm³/mol. The number of esters is 1. The standard InChI is InChI=1S/C11H20NO2/c1-11(2,3)14-10(13)7-9-5-4-6-12-8-9/h7,9,12H,4-6,8H2,1-3H3/t9-/m0/s1. The van der Waals surface area contributed by atoms with E-state index in [2.05, 4.69) is 5.32 Å². The molecular formula is C11H20NO2. The Hall–Kier alpha value is -0.570. The molecule has 0 saturated carbocycles. The first-order valence-corrected chi connectivity index (χ1v) is 5.26. The quantitative estimate of drug-likeness (QED) is 0.684. The van der Waals surface area contributed by atoms with E-state index in [-0.39, 0.29) is 11.6 Å². The van der Waals surface area contributed by atoms with E-state index in [0.29, 0.717) is 5.92 Å². The topological polar surface area (TPSA) is 38.3 Å². The average Bonchev–Trinajstić information content (AvgIpc) is 2.02. The molecule has 1 heterocycles. The number of carbonyl (C=O) groups is 1. The minimum atomic E-state index is -0.379. The second kappa shape index (κ2) is 4.78. The summed E-state index contributed by atoms with van der Waals surface area (Å²) in [4.78, 5) is 11.4. The molecule has 1 radical (unpaired) electrons. The summed E-state index contributed by atoms with van der Waals surface area (Å²) in [5.41, 5.74) is -0.379. The van der Waals surface area contributed by atoms with Crippen molar-refractivity contribution in [3.05, 3.63) is 6.42 Å². The number of nitrogens with one attached hydrogen (secondary N) is 1. The van der Waals surface area contributed by atoms with E-state index < -0.39 is 0 Å². The van der Waals surface area contributed by atoms with Gasteiger partial charge in [-0.2, -0.15) is 0 Å². The van der Waals surface area contributed by atoms with Crippen LogP contribution in [0.4, 0.5) is 0 Å². The summed E-state index contributed by atoms with van der Waals surface area (Å²) in [7, 11) is 0. The monoisotopic (exact) mass is 198 g/mol. The number of ether oxygens (including phenoxy) is 1. The molecule has 0 aromatic heterocycles. The van der Waals surface area contributed by atoms with Gasteiger partial charge in [0.1, 0.15) is 5.60 Å². The van der Waals surface area contributed by atoms with Gasteiger partial charge in [0.05, 0.1) is 6.42 Å². The smallest absolute Gasteiger partial charge is 0.310 e. The molecule has 3 heteroatoms. The van der Waals surface area contributed by atoms with Crippen LogP contribution in [0.25, 0.3) is 0 Å². The maximum Gasteiger partial charge on any atom is 0.310 e. The SMILES string of the molecule is CC(C)(C)OC(=O)[CH][C@@H]1CCCNC1. The minimum Gasteiger partial charge on any atom is -0.460 e. The molecule has 0 aromatic rings. The first-order chi connectivity index (χ1) is 6.47. The third-order valence-electron chi connectivity index (χ3n) is 2.11. The molecule has 0 unspecified atom stereocenters. The third-order valence-corrected chi connectivity index (χ3v) is 2.11. The van der Waals surface area contributed by atoms with Crippen LogP contribution in [0.2, 0.25) is 0 Å². The lowest BCUT2D eigenvalue weighted by molar-refractivity contribution is -0.151. The highest BCUT2D eigenvalue weighted by Crippen LogP contribution is 2.16. The highest BCUT2D eigenvalue weighted by Gasteiger charge is 2.21. The van der Waals surface area contributed by atoms with Crippen molar-refractivity contribution in [2.45, 2.75) is 39.2 Å². The van der Waals surface area contributed by atoms with Gasteiger partial charge >= 0.3 is 5.97 Å². The molecule has 0 bridgehead atoms. The van der Waals surface area contributed by atoms with Crippen molar-refractivity contribution in [3.8, 4) is 0 Å². The Bertz CT molecular complexity index is 190. The molecule has 81 valence electrons. The number of hydrogen-bond acceptors (Lipinski definition) is 3. The number of hydrogen-bond donors (Lipinski definition) is 1. The second-order valence-electron chi connectivity index (χ2n) is 4.81. The van der Waals surface area contributed by atoms with E-state index in [1.807, 2.05) is 20.8 Å². The van der Waals surface area contributed by atoms with Crippen molar-refractivity contribution in [2.24, 2.45) is 5.92 Å². The van der Waals surface area contributed by atoms with Gasteiger partial charge in [-0.15, -0.1) is 0 Å². The Labute approximate surface area is 86.2 Å². The van der Waals surface area contributed by atoms with Crippen LogP contribution in [0.3, 0.4) is 0 Å². The Morgan fingerprint density at radius 2 is 2.21 bits per heavy atom. The maximum atomic E-state index is 11.4. The highest BCUT2D eigenvalue weighted by atomic mass is 16.6. The first kappa shape index (κ1) is 11.5. The minimum absolute atomic E-state index is 0.189. The zero-order valence-electron chi connectivity index (χ0n) is 9.30. The van der Waals surface area contributed by atoms with Gasteiger partial charge in [0.2, 0.25) is 0 Å². The summed E-state index contributed by atoms with van der Waals surface area (Å²) in [5.74, 6) is 0.157. The predicted octanol–water partition coefficient (Wildman–Crippen LogP) is 1.53. The number of piperidine rings is 1. The normalized spacial score (nSPS) is 23.2.